The van der Waals surface area contributed by atoms with E-state index in [9.17, 15) is 4.79 Å². The van der Waals surface area contributed by atoms with Gasteiger partial charge in [-0.1, -0.05) is 0 Å². The molecule has 0 bridgehead atoms. The third-order valence-corrected chi connectivity index (χ3v) is 7.30. The molecule has 0 aliphatic carbocycles. The van der Waals surface area contributed by atoms with Crippen molar-refractivity contribution in [3.63, 3.8) is 0 Å². The van der Waals surface area contributed by atoms with Gasteiger partial charge in [-0.15, -0.1) is 0 Å². The molecule has 6 rings (SSSR count). The van der Waals surface area contributed by atoms with Crippen molar-refractivity contribution < 1.29 is 9.53 Å². The van der Waals surface area contributed by atoms with Gasteiger partial charge in [0.15, 0.2) is 0 Å². The van der Waals surface area contributed by atoms with Crippen LogP contribution in [0.4, 0.5) is 5.82 Å². The van der Waals surface area contributed by atoms with Gasteiger partial charge in [-0.05, 0) is 44.9 Å². The second kappa shape index (κ2) is 10.5. The van der Waals surface area contributed by atoms with Crippen LogP contribution in [-0.2, 0) is 13.1 Å². The van der Waals surface area contributed by atoms with Crippen LogP contribution in [0.25, 0.3) is 22.3 Å². The smallest absolute Gasteiger partial charge is 0.257 e. The van der Waals surface area contributed by atoms with Gasteiger partial charge in [-0.2, -0.15) is 0 Å². The van der Waals surface area contributed by atoms with Crippen LogP contribution in [0.2, 0.25) is 0 Å². The Hall–Kier alpha value is -3.89. The second-order valence-electron chi connectivity index (χ2n) is 10.1. The number of anilines is 1. The SMILES string of the molecule is CC(C)N1CCC(Oc2cc(C(=O)Nc3cc4nc(-c5cnc6n5CCNC6)ccc4cn3)ccn2)CC1. The fourth-order valence-electron chi connectivity index (χ4n) is 5.11. The summed E-state index contributed by atoms with van der Waals surface area (Å²) in [5.74, 6) is 1.65. The Labute approximate surface area is 221 Å². The highest BCUT2D eigenvalue weighted by Gasteiger charge is 2.23. The van der Waals surface area contributed by atoms with Gasteiger partial charge >= 0.3 is 0 Å². The molecule has 196 valence electrons. The number of likely N-dealkylation sites (tertiary alicyclic amines) is 1. The van der Waals surface area contributed by atoms with Crippen molar-refractivity contribution >= 4 is 22.6 Å². The van der Waals surface area contributed by atoms with Crippen LogP contribution in [-0.4, -0.2) is 67.1 Å². The molecule has 0 radical (unpaired) electrons. The second-order valence-corrected chi connectivity index (χ2v) is 10.1. The van der Waals surface area contributed by atoms with E-state index >= 15 is 0 Å². The van der Waals surface area contributed by atoms with Crippen molar-refractivity contribution in [1.82, 2.24) is 34.7 Å². The molecule has 38 heavy (non-hydrogen) atoms. The van der Waals surface area contributed by atoms with Gasteiger partial charge in [-0.3, -0.25) is 4.79 Å². The van der Waals surface area contributed by atoms with Gasteiger partial charge < -0.3 is 24.8 Å². The number of rotatable bonds is 6. The maximum absolute atomic E-state index is 13.0. The molecule has 10 heteroatoms. The Bertz CT molecular complexity index is 1460. The number of nitrogens with zero attached hydrogens (tertiary/aromatic N) is 6. The molecular formula is C28H32N8O2. The lowest BCUT2D eigenvalue weighted by molar-refractivity contribution is 0.0810. The molecule has 0 unspecified atom stereocenters. The molecule has 0 atom stereocenters. The molecule has 10 nitrogen and oxygen atoms in total. The first-order valence-electron chi connectivity index (χ1n) is 13.2. The number of piperidine rings is 1. The maximum Gasteiger partial charge on any atom is 0.257 e. The van der Waals surface area contributed by atoms with Crippen LogP contribution in [0.3, 0.4) is 0 Å². The van der Waals surface area contributed by atoms with E-state index < -0.39 is 0 Å². The molecule has 0 saturated carbocycles. The van der Waals surface area contributed by atoms with Gasteiger partial charge in [-0.25, -0.2) is 19.9 Å². The minimum Gasteiger partial charge on any atom is -0.474 e. The molecule has 1 amide bonds. The topological polar surface area (TPSA) is 110 Å². The first-order chi connectivity index (χ1) is 18.5. The molecule has 0 aromatic carbocycles. The van der Waals surface area contributed by atoms with E-state index in [1.54, 1.807) is 30.6 Å². The Morgan fingerprint density at radius 1 is 1.08 bits per heavy atom. The highest BCUT2D eigenvalue weighted by Crippen LogP contribution is 2.25. The van der Waals surface area contributed by atoms with Crippen molar-refractivity contribution in [2.45, 2.75) is 51.9 Å². The van der Waals surface area contributed by atoms with E-state index in [0.717, 1.165) is 73.7 Å². The van der Waals surface area contributed by atoms with Gasteiger partial charge in [0.05, 0.1) is 29.6 Å². The lowest BCUT2D eigenvalue weighted by Crippen LogP contribution is -2.41. The van der Waals surface area contributed by atoms with Crippen LogP contribution < -0.4 is 15.4 Å². The fourth-order valence-corrected chi connectivity index (χ4v) is 5.11. The molecule has 2 N–H and O–H groups in total. The number of hydrogen-bond acceptors (Lipinski definition) is 8. The molecule has 4 aromatic rings. The Morgan fingerprint density at radius 3 is 2.79 bits per heavy atom. The zero-order valence-corrected chi connectivity index (χ0v) is 21.7. The van der Waals surface area contributed by atoms with Crippen LogP contribution in [0, 0.1) is 0 Å². The summed E-state index contributed by atoms with van der Waals surface area (Å²) in [6, 6.07) is 9.69. The zero-order valence-electron chi connectivity index (χ0n) is 21.7. The molecular weight excluding hydrogens is 480 g/mol. The number of amides is 1. The lowest BCUT2D eigenvalue weighted by Gasteiger charge is -2.34. The maximum atomic E-state index is 13.0. The highest BCUT2D eigenvalue weighted by molar-refractivity contribution is 6.04. The average molecular weight is 513 g/mol. The predicted molar refractivity (Wildman–Crippen MR) is 145 cm³/mol. The van der Waals surface area contributed by atoms with E-state index in [1.807, 2.05) is 18.3 Å². The van der Waals surface area contributed by atoms with Crippen LogP contribution in [0.15, 0.2) is 48.9 Å². The third kappa shape index (κ3) is 5.09. The number of carbonyl (C=O) groups is 1. The number of nitrogens with one attached hydrogen (secondary N) is 2. The first kappa shape index (κ1) is 24.4. The fraction of sp³-hybridized carbons (Fsp3) is 0.393. The number of carbonyl (C=O) groups excluding carboxylic acids is 1. The molecule has 2 aliphatic heterocycles. The van der Waals surface area contributed by atoms with Gasteiger partial charge in [0.25, 0.3) is 5.91 Å². The monoisotopic (exact) mass is 512 g/mol. The third-order valence-electron chi connectivity index (χ3n) is 7.30. The average Bonchev–Trinajstić information content (AvgIpc) is 3.37. The Balaban J connectivity index is 1.16. The minimum atomic E-state index is -0.271. The number of imidazole rings is 1. The summed E-state index contributed by atoms with van der Waals surface area (Å²) in [5.41, 5.74) is 3.06. The van der Waals surface area contributed by atoms with Gasteiger partial charge in [0.2, 0.25) is 5.88 Å². The Morgan fingerprint density at radius 2 is 1.95 bits per heavy atom. The van der Waals surface area contributed by atoms with Crippen molar-refractivity contribution in [2.75, 3.05) is 25.0 Å². The summed E-state index contributed by atoms with van der Waals surface area (Å²) in [4.78, 5) is 33.6. The van der Waals surface area contributed by atoms with Crippen molar-refractivity contribution in [3.05, 3.63) is 60.3 Å². The van der Waals surface area contributed by atoms with Crippen LogP contribution >= 0.6 is 0 Å². The van der Waals surface area contributed by atoms with E-state index in [2.05, 4.69) is 48.9 Å². The van der Waals surface area contributed by atoms with Crippen molar-refractivity contribution in [3.8, 4) is 17.3 Å². The molecule has 1 fully saturated rings. The van der Waals surface area contributed by atoms with E-state index in [-0.39, 0.29) is 12.0 Å². The van der Waals surface area contributed by atoms with Gasteiger partial charge in [0, 0.05) is 67.7 Å². The summed E-state index contributed by atoms with van der Waals surface area (Å²) < 4.78 is 8.32. The lowest BCUT2D eigenvalue weighted by atomic mass is 10.1. The minimum absolute atomic E-state index is 0.107. The normalized spacial score (nSPS) is 16.5. The molecule has 0 spiro atoms. The van der Waals surface area contributed by atoms with E-state index in [0.29, 0.717) is 23.3 Å². The standard InChI is InChI=1S/C28H32N8O2/c1-18(2)35-10-6-21(7-11-35)38-27-13-19(5-8-30-27)28(37)34-25-14-23-20(15-31-25)3-4-22(33-23)24-16-32-26-17-29-9-12-36(24)26/h3-5,8,13-16,18,21,29H,6-7,9-12,17H2,1-2H3,(H,31,34,37). The number of pyridine rings is 3. The first-order valence-corrected chi connectivity index (χ1v) is 13.2. The number of fused-ring (bicyclic) bond motifs is 2. The van der Waals surface area contributed by atoms with Crippen LogP contribution in [0.5, 0.6) is 5.88 Å². The number of hydrogen-bond donors (Lipinski definition) is 2. The summed E-state index contributed by atoms with van der Waals surface area (Å²) >= 11 is 0. The summed E-state index contributed by atoms with van der Waals surface area (Å²) in [6.07, 6.45) is 7.21. The van der Waals surface area contributed by atoms with E-state index in [4.69, 9.17) is 9.72 Å². The van der Waals surface area contributed by atoms with Crippen molar-refractivity contribution in [2.24, 2.45) is 0 Å². The largest absolute Gasteiger partial charge is 0.474 e. The Kier molecular flexibility index (Phi) is 6.73. The van der Waals surface area contributed by atoms with E-state index in [1.165, 1.54) is 0 Å². The number of aromatic nitrogens is 5. The van der Waals surface area contributed by atoms with Gasteiger partial charge in [0.1, 0.15) is 17.7 Å². The van der Waals surface area contributed by atoms with Crippen LogP contribution in [0.1, 0.15) is 42.9 Å². The summed E-state index contributed by atoms with van der Waals surface area (Å²) in [6.45, 7) is 8.97. The van der Waals surface area contributed by atoms with Crippen molar-refractivity contribution in [1.29, 1.82) is 0 Å². The highest BCUT2D eigenvalue weighted by atomic mass is 16.5. The summed E-state index contributed by atoms with van der Waals surface area (Å²) in [7, 11) is 0. The number of ether oxygens (including phenoxy) is 1. The molecule has 4 aromatic heterocycles. The predicted octanol–water partition coefficient (Wildman–Crippen LogP) is 3.50. The summed E-state index contributed by atoms with van der Waals surface area (Å²) in [5, 5.41) is 7.13. The zero-order chi connectivity index (χ0) is 26.1. The molecule has 2 aliphatic rings. The molecule has 6 heterocycles. The molecule has 1 saturated heterocycles. The quantitative estimate of drug-likeness (QED) is 0.404.